The van der Waals surface area contributed by atoms with Crippen molar-refractivity contribution in [3.63, 3.8) is 0 Å². The molecular weight excluding hydrogens is 473 g/mol. The monoisotopic (exact) mass is 505 g/mol. The molecule has 0 spiro atoms. The Morgan fingerprint density at radius 1 is 1.00 bits per heavy atom. The molecule has 2 heterocycles. The molecule has 2 aliphatic heterocycles. The standard InChI is InChI=1S/C30H33ClFN3O/c1-21-9-7-13-26(32)28(21)30(36)35-18-8-12-23(29(35)22-10-3-2-4-11-22)20-33-24-14-15-25(31)27(19-24)34-16-5-6-17-34/h2-4,7,9-11,13-15,19,23,29,33H,5-6,8,12,16-18,20H2,1H3. The van der Waals surface area contributed by atoms with Crippen LogP contribution in [0.1, 0.15) is 53.2 Å². The molecule has 3 aromatic carbocycles. The Morgan fingerprint density at radius 2 is 1.78 bits per heavy atom. The number of halogens is 2. The summed E-state index contributed by atoms with van der Waals surface area (Å²) in [7, 11) is 0. The highest BCUT2D eigenvalue weighted by atomic mass is 35.5. The lowest BCUT2D eigenvalue weighted by Crippen LogP contribution is -2.45. The number of hydrogen-bond acceptors (Lipinski definition) is 3. The van der Waals surface area contributed by atoms with Gasteiger partial charge in [0, 0.05) is 37.8 Å². The molecule has 2 fully saturated rings. The number of anilines is 2. The highest BCUT2D eigenvalue weighted by Gasteiger charge is 2.37. The van der Waals surface area contributed by atoms with E-state index in [0.717, 1.165) is 47.9 Å². The third-order valence-corrected chi connectivity index (χ3v) is 7.87. The molecule has 0 aromatic heterocycles. The van der Waals surface area contributed by atoms with Crippen LogP contribution >= 0.6 is 11.6 Å². The van der Waals surface area contributed by atoms with E-state index in [1.165, 1.54) is 18.9 Å². The molecule has 0 radical (unpaired) electrons. The van der Waals surface area contributed by atoms with Gasteiger partial charge < -0.3 is 15.1 Å². The van der Waals surface area contributed by atoms with Crippen molar-refractivity contribution < 1.29 is 9.18 Å². The van der Waals surface area contributed by atoms with Crippen molar-refractivity contribution in [3.05, 3.63) is 94.3 Å². The van der Waals surface area contributed by atoms with Gasteiger partial charge in [0.25, 0.3) is 5.91 Å². The van der Waals surface area contributed by atoms with Gasteiger partial charge in [-0.25, -0.2) is 4.39 Å². The van der Waals surface area contributed by atoms with Gasteiger partial charge in [-0.15, -0.1) is 0 Å². The Hall–Kier alpha value is -3.05. The van der Waals surface area contributed by atoms with Crippen LogP contribution in [0.15, 0.2) is 66.7 Å². The van der Waals surface area contributed by atoms with Crippen molar-refractivity contribution in [2.24, 2.45) is 5.92 Å². The van der Waals surface area contributed by atoms with E-state index in [-0.39, 0.29) is 23.4 Å². The second kappa shape index (κ2) is 10.9. The Morgan fingerprint density at radius 3 is 2.53 bits per heavy atom. The van der Waals surface area contributed by atoms with E-state index in [1.54, 1.807) is 19.1 Å². The first kappa shape index (κ1) is 24.6. The van der Waals surface area contributed by atoms with E-state index >= 15 is 0 Å². The lowest BCUT2D eigenvalue weighted by molar-refractivity contribution is 0.0501. The molecule has 0 bridgehead atoms. The number of nitrogens with zero attached hydrogens (tertiary/aromatic N) is 2. The maximum Gasteiger partial charge on any atom is 0.257 e. The maximum absolute atomic E-state index is 14.8. The highest BCUT2D eigenvalue weighted by molar-refractivity contribution is 6.33. The van der Waals surface area contributed by atoms with Crippen LogP contribution in [-0.4, -0.2) is 37.0 Å². The van der Waals surface area contributed by atoms with Crippen molar-refractivity contribution in [1.82, 2.24) is 4.90 Å². The summed E-state index contributed by atoms with van der Waals surface area (Å²) >= 11 is 6.52. The smallest absolute Gasteiger partial charge is 0.257 e. The molecule has 1 amide bonds. The molecule has 3 aromatic rings. The third-order valence-electron chi connectivity index (χ3n) is 7.56. The minimum Gasteiger partial charge on any atom is -0.385 e. The van der Waals surface area contributed by atoms with Crippen LogP contribution in [-0.2, 0) is 0 Å². The Bertz CT molecular complexity index is 1190. The van der Waals surface area contributed by atoms with E-state index in [9.17, 15) is 9.18 Å². The average Bonchev–Trinajstić information content (AvgIpc) is 3.43. The second-order valence-electron chi connectivity index (χ2n) is 9.93. The summed E-state index contributed by atoms with van der Waals surface area (Å²) in [5.41, 5.74) is 4.04. The van der Waals surface area contributed by atoms with Gasteiger partial charge in [0.1, 0.15) is 5.82 Å². The molecule has 0 aliphatic carbocycles. The van der Waals surface area contributed by atoms with Crippen molar-refractivity contribution in [1.29, 1.82) is 0 Å². The Labute approximate surface area is 218 Å². The van der Waals surface area contributed by atoms with Crippen LogP contribution in [0.4, 0.5) is 15.8 Å². The van der Waals surface area contributed by atoms with Crippen molar-refractivity contribution >= 4 is 28.9 Å². The van der Waals surface area contributed by atoms with Crippen LogP contribution < -0.4 is 10.2 Å². The first-order chi connectivity index (χ1) is 17.5. The fraction of sp³-hybridized carbons (Fsp3) is 0.367. The van der Waals surface area contributed by atoms with Gasteiger partial charge in [-0.3, -0.25) is 4.79 Å². The van der Waals surface area contributed by atoms with Crippen LogP contribution in [0.25, 0.3) is 0 Å². The van der Waals surface area contributed by atoms with E-state index in [4.69, 9.17) is 11.6 Å². The van der Waals surface area contributed by atoms with Crippen LogP contribution in [0.2, 0.25) is 5.02 Å². The van der Waals surface area contributed by atoms with Gasteiger partial charge in [0.2, 0.25) is 0 Å². The van der Waals surface area contributed by atoms with Gasteiger partial charge in [0.15, 0.2) is 0 Å². The number of piperidine rings is 1. The fourth-order valence-corrected chi connectivity index (χ4v) is 5.97. The maximum atomic E-state index is 14.8. The number of rotatable bonds is 6. The first-order valence-corrected chi connectivity index (χ1v) is 13.3. The number of benzene rings is 3. The molecule has 2 aliphatic rings. The summed E-state index contributed by atoms with van der Waals surface area (Å²) in [6.07, 6.45) is 4.26. The minimum absolute atomic E-state index is 0.135. The number of nitrogens with one attached hydrogen (secondary N) is 1. The number of amides is 1. The number of carbonyl (C=O) groups is 1. The molecule has 2 unspecified atom stereocenters. The van der Waals surface area contributed by atoms with E-state index in [1.807, 2.05) is 35.2 Å². The summed E-state index contributed by atoms with van der Waals surface area (Å²) in [5.74, 6) is -0.502. The molecule has 5 rings (SSSR count). The summed E-state index contributed by atoms with van der Waals surface area (Å²) in [4.78, 5) is 17.9. The van der Waals surface area contributed by atoms with Crippen LogP contribution in [0, 0.1) is 18.7 Å². The van der Waals surface area contributed by atoms with E-state index in [0.29, 0.717) is 18.7 Å². The molecular formula is C30H33ClFN3O. The van der Waals surface area contributed by atoms with Crippen molar-refractivity contribution in [2.45, 2.75) is 38.6 Å². The molecule has 4 nitrogen and oxygen atoms in total. The van der Waals surface area contributed by atoms with Crippen LogP contribution in [0.3, 0.4) is 0 Å². The number of aryl methyl sites for hydroxylation is 1. The van der Waals surface area contributed by atoms with Crippen LogP contribution in [0.5, 0.6) is 0 Å². The van der Waals surface area contributed by atoms with E-state index < -0.39 is 5.82 Å². The van der Waals surface area contributed by atoms with E-state index in [2.05, 4.69) is 28.4 Å². The van der Waals surface area contributed by atoms with Gasteiger partial charge in [-0.2, -0.15) is 0 Å². The molecule has 0 saturated carbocycles. The number of carbonyl (C=O) groups excluding carboxylic acids is 1. The van der Waals surface area contributed by atoms with Crippen molar-refractivity contribution in [2.75, 3.05) is 36.4 Å². The SMILES string of the molecule is Cc1cccc(F)c1C(=O)N1CCCC(CNc2ccc(Cl)c(N3CCCC3)c2)C1c1ccccc1. The largest absolute Gasteiger partial charge is 0.385 e. The predicted octanol–water partition coefficient (Wildman–Crippen LogP) is 7.09. The minimum atomic E-state index is -0.456. The highest BCUT2D eigenvalue weighted by Crippen LogP contribution is 2.38. The van der Waals surface area contributed by atoms with Gasteiger partial charge in [-0.05, 0) is 68.0 Å². The lowest BCUT2D eigenvalue weighted by atomic mass is 9.83. The number of hydrogen-bond donors (Lipinski definition) is 1. The van der Waals surface area contributed by atoms with Gasteiger partial charge in [0.05, 0.1) is 22.3 Å². The normalized spacial score (nSPS) is 20.0. The molecule has 2 atom stereocenters. The second-order valence-corrected chi connectivity index (χ2v) is 10.3. The molecule has 188 valence electrons. The van der Waals surface area contributed by atoms with Gasteiger partial charge >= 0.3 is 0 Å². The molecule has 36 heavy (non-hydrogen) atoms. The summed E-state index contributed by atoms with van der Waals surface area (Å²) in [5, 5.41) is 4.41. The first-order valence-electron chi connectivity index (χ1n) is 12.9. The Kier molecular flexibility index (Phi) is 7.47. The van der Waals surface area contributed by atoms with Crippen molar-refractivity contribution in [3.8, 4) is 0 Å². The molecule has 1 N–H and O–H groups in total. The quantitative estimate of drug-likeness (QED) is 0.388. The fourth-order valence-electron chi connectivity index (χ4n) is 5.74. The summed E-state index contributed by atoms with van der Waals surface area (Å²) in [6.45, 7) is 5.20. The topological polar surface area (TPSA) is 35.6 Å². The zero-order valence-electron chi connectivity index (χ0n) is 20.7. The summed E-state index contributed by atoms with van der Waals surface area (Å²) < 4.78 is 14.8. The Balaban J connectivity index is 1.41. The third kappa shape index (κ3) is 5.08. The lowest BCUT2D eigenvalue weighted by Gasteiger charge is -2.42. The summed E-state index contributed by atoms with van der Waals surface area (Å²) in [6, 6.07) is 21.0. The zero-order valence-corrected chi connectivity index (χ0v) is 21.5. The zero-order chi connectivity index (χ0) is 25.1. The average molecular weight is 506 g/mol. The predicted molar refractivity (Wildman–Crippen MR) is 145 cm³/mol. The number of likely N-dealkylation sites (tertiary alicyclic amines) is 1. The molecule has 6 heteroatoms. The molecule has 2 saturated heterocycles. The van der Waals surface area contributed by atoms with Gasteiger partial charge in [-0.1, -0.05) is 54.1 Å².